The van der Waals surface area contributed by atoms with Crippen molar-refractivity contribution in [3.8, 4) is 0 Å². The highest BCUT2D eigenvalue weighted by Crippen LogP contribution is 2.62. The summed E-state index contributed by atoms with van der Waals surface area (Å²) in [5.41, 5.74) is 3.01. The summed E-state index contributed by atoms with van der Waals surface area (Å²) < 4.78 is 2.72. The largest absolute Gasteiger partial charge is 0.365 e. The van der Waals surface area contributed by atoms with Crippen LogP contribution < -0.4 is 10.2 Å². The summed E-state index contributed by atoms with van der Waals surface area (Å²) in [5, 5.41) is 7.29. The van der Waals surface area contributed by atoms with Gasteiger partial charge in [0, 0.05) is 57.2 Å². The molecule has 1 saturated heterocycles. The lowest BCUT2D eigenvalue weighted by molar-refractivity contribution is 0.199. The minimum atomic E-state index is -1.02. The predicted octanol–water partition coefficient (Wildman–Crippen LogP) is 6.93. The van der Waals surface area contributed by atoms with Gasteiger partial charge in [-0.2, -0.15) is 10.2 Å². The lowest BCUT2D eigenvalue weighted by Crippen LogP contribution is -2.67. The smallest absolute Gasteiger partial charge is 0.0594 e. The maximum absolute atomic E-state index is 3.96. The van der Waals surface area contributed by atoms with Crippen LogP contribution in [0.5, 0.6) is 0 Å². The fourth-order valence-corrected chi connectivity index (χ4v) is 12.3. The van der Waals surface area contributed by atoms with Crippen molar-refractivity contribution >= 4 is 26.8 Å². The SMILES string of the molecule is CC(C)S(C(C)C)(C(C)C)n1ccc2ccc(N3CC(C)(C)N[C@@H]4CCCC[C@@H]43)cc21. The first-order chi connectivity index (χ1) is 14.6. The molecule has 2 aromatic rings. The van der Waals surface area contributed by atoms with Crippen molar-refractivity contribution in [1.82, 2.24) is 9.29 Å². The van der Waals surface area contributed by atoms with Crippen LogP contribution in [0.2, 0.25) is 0 Å². The standard InChI is InChI=1S/C27H45N3S/c1-19(2)31(20(3)4,21(5)6)30-16-15-22-13-14-23(17-26(22)30)29-18-27(7,8)28-24-11-9-10-12-25(24)29/h13-17,19-21,24-25,28H,9-12,18H2,1-8H3/t24-,25+/m1/s1. The van der Waals surface area contributed by atoms with Gasteiger partial charge in [-0.3, -0.25) is 0 Å². The Morgan fingerprint density at radius 1 is 0.935 bits per heavy atom. The van der Waals surface area contributed by atoms with Gasteiger partial charge in [-0.25, -0.2) is 0 Å². The van der Waals surface area contributed by atoms with Gasteiger partial charge in [-0.1, -0.05) is 60.5 Å². The lowest BCUT2D eigenvalue weighted by Gasteiger charge is -2.53. The molecule has 2 atom stereocenters. The first-order valence-electron chi connectivity index (χ1n) is 12.5. The van der Waals surface area contributed by atoms with E-state index >= 15 is 0 Å². The minimum Gasteiger partial charge on any atom is -0.365 e. The molecule has 0 spiro atoms. The molecule has 2 fully saturated rings. The van der Waals surface area contributed by atoms with Crippen LogP contribution in [0.4, 0.5) is 5.69 Å². The topological polar surface area (TPSA) is 20.2 Å². The Labute approximate surface area is 192 Å². The van der Waals surface area contributed by atoms with E-state index in [0.29, 0.717) is 27.8 Å². The minimum absolute atomic E-state index is 0.151. The van der Waals surface area contributed by atoms with Crippen LogP contribution in [-0.4, -0.2) is 43.9 Å². The predicted molar refractivity (Wildman–Crippen MR) is 141 cm³/mol. The molecule has 0 bridgehead atoms. The second kappa shape index (κ2) is 8.33. The maximum atomic E-state index is 3.96. The van der Waals surface area contributed by atoms with Crippen LogP contribution >= 0.6 is 10.2 Å². The van der Waals surface area contributed by atoms with Crippen LogP contribution in [-0.2, 0) is 0 Å². The van der Waals surface area contributed by atoms with E-state index in [1.807, 2.05) is 0 Å². The van der Waals surface area contributed by atoms with E-state index in [9.17, 15) is 0 Å². The molecule has 3 nitrogen and oxygen atoms in total. The first kappa shape index (κ1) is 23.0. The van der Waals surface area contributed by atoms with Crippen molar-refractivity contribution in [1.29, 1.82) is 0 Å². The Hall–Kier alpha value is -1.13. The third-order valence-corrected chi connectivity index (χ3v) is 13.4. The van der Waals surface area contributed by atoms with Crippen LogP contribution in [0.15, 0.2) is 30.5 Å². The summed E-state index contributed by atoms with van der Waals surface area (Å²) in [6, 6.07) is 10.9. The third kappa shape index (κ3) is 3.82. The van der Waals surface area contributed by atoms with Crippen LogP contribution in [0.3, 0.4) is 0 Å². The quantitative estimate of drug-likeness (QED) is 0.540. The van der Waals surface area contributed by atoms with Crippen molar-refractivity contribution in [2.45, 2.75) is 114 Å². The van der Waals surface area contributed by atoms with Crippen LogP contribution in [0.1, 0.15) is 81.1 Å². The molecular weight excluding hydrogens is 398 g/mol. The van der Waals surface area contributed by atoms with E-state index in [-0.39, 0.29) is 5.54 Å². The zero-order chi connectivity index (χ0) is 22.6. The Bertz CT molecular complexity index is 889. The number of hydrogen-bond donors (Lipinski definition) is 1. The molecule has 0 unspecified atom stereocenters. The number of aromatic nitrogens is 1. The van der Waals surface area contributed by atoms with Crippen molar-refractivity contribution < 1.29 is 0 Å². The highest BCUT2D eigenvalue weighted by molar-refractivity contribution is 8.33. The van der Waals surface area contributed by atoms with E-state index in [2.05, 4.69) is 100 Å². The van der Waals surface area contributed by atoms with E-state index in [4.69, 9.17) is 0 Å². The summed E-state index contributed by atoms with van der Waals surface area (Å²) in [7, 11) is -1.02. The molecule has 31 heavy (non-hydrogen) atoms. The van der Waals surface area contributed by atoms with E-state index in [1.54, 1.807) is 0 Å². The molecule has 0 amide bonds. The molecule has 2 heterocycles. The molecule has 174 valence electrons. The molecule has 1 aromatic carbocycles. The number of nitrogens with zero attached hydrogens (tertiary/aromatic N) is 2. The fourth-order valence-electron chi connectivity index (χ4n) is 6.89. The van der Waals surface area contributed by atoms with Crippen molar-refractivity contribution in [3.05, 3.63) is 30.5 Å². The number of piperazine rings is 1. The van der Waals surface area contributed by atoms with Gasteiger partial charge in [-0.05, 0) is 44.9 Å². The third-order valence-electron chi connectivity index (χ3n) is 7.85. The molecular formula is C27H45N3S. The Morgan fingerprint density at radius 2 is 1.58 bits per heavy atom. The first-order valence-corrected chi connectivity index (χ1v) is 14.3. The van der Waals surface area contributed by atoms with Gasteiger partial charge in [-0.15, -0.1) is 0 Å². The molecule has 1 aliphatic carbocycles. The van der Waals surface area contributed by atoms with Gasteiger partial charge < -0.3 is 14.2 Å². The summed E-state index contributed by atoms with van der Waals surface area (Å²) in [5.74, 6) is 0. The van der Waals surface area contributed by atoms with Gasteiger partial charge in [0.25, 0.3) is 0 Å². The molecule has 4 rings (SSSR count). The number of benzene rings is 1. The molecule has 1 saturated carbocycles. The number of hydrogen-bond acceptors (Lipinski definition) is 2. The molecule has 1 N–H and O–H groups in total. The Kier molecular flexibility index (Phi) is 6.20. The van der Waals surface area contributed by atoms with E-state index in [0.717, 1.165) is 6.54 Å². The van der Waals surface area contributed by atoms with Gasteiger partial charge in [0.2, 0.25) is 0 Å². The average molecular weight is 444 g/mol. The molecule has 2 aliphatic rings. The average Bonchev–Trinajstić information content (AvgIpc) is 3.09. The summed E-state index contributed by atoms with van der Waals surface area (Å²) in [4.78, 5) is 2.74. The van der Waals surface area contributed by atoms with Gasteiger partial charge >= 0.3 is 0 Å². The number of nitrogens with one attached hydrogen (secondary N) is 1. The van der Waals surface area contributed by atoms with Crippen molar-refractivity contribution in [2.24, 2.45) is 0 Å². The number of anilines is 1. The zero-order valence-corrected chi connectivity index (χ0v) is 21.9. The lowest BCUT2D eigenvalue weighted by atomic mass is 9.83. The number of fused-ring (bicyclic) bond motifs is 2. The van der Waals surface area contributed by atoms with E-state index < -0.39 is 10.2 Å². The molecule has 1 aliphatic heterocycles. The fraction of sp³-hybridized carbons (Fsp3) is 0.704. The summed E-state index contributed by atoms with van der Waals surface area (Å²) in [6.07, 6.45) is 7.74. The van der Waals surface area contributed by atoms with E-state index in [1.165, 1.54) is 42.3 Å². The summed E-state index contributed by atoms with van der Waals surface area (Å²) in [6.45, 7) is 20.5. The highest BCUT2D eigenvalue weighted by Gasteiger charge is 2.41. The van der Waals surface area contributed by atoms with Crippen molar-refractivity contribution in [3.63, 3.8) is 0 Å². The molecule has 0 radical (unpaired) electrons. The maximum Gasteiger partial charge on any atom is 0.0594 e. The van der Waals surface area contributed by atoms with Gasteiger partial charge in [0.1, 0.15) is 0 Å². The monoisotopic (exact) mass is 443 g/mol. The molecule has 1 aromatic heterocycles. The molecule has 4 heteroatoms. The van der Waals surface area contributed by atoms with Crippen LogP contribution in [0, 0.1) is 0 Å². The Balaban J connectivity index is 1.83. The second-order valence-electron chi connectivity index (χ2n) is 11.4. The zero-order valence-electron chi connectivity index (χ0n) is 21.1. The second-order valence-corrected chi connectivity index (χ2v) is 16.0. The normalized spacial score (nSPS) is 24.9. The highest BCUT2D eigenvalue weighted by atomic mass is 32.3. The van der Waals surface area contributed by atoms with Crippen molar-refractivity contribution in [2.75, 3.05) is 11.4 Å². The van der Waals surface area contributed by atoms with Crippen LogP contribution in [0.25, 0.3) is 10.9 Å². The number of rotatable bonds is 5. The summed E-state index contributed by atoms with van der Waals surface area (Å²) >= 11 is 0. The van der Waals surface area contributed by atoms with Gasteiger partial charge in [0.05, 0.1) is 5.52 Å². The Morgan fingerprint density at radius 3 is 2.23 bits per heavy atom. The van der Waals surface area contributed by atoms with Gasteiger partial charge in [0.15, 0.2) is 0 Å².